The number of carboxylic acid groups (broad SMARTS) is 1. The third-order valence-corrected chi connectivity index (χ3v) is 6.75. The van der Waals surface area contributed by atoms with Crippen molar-refractivity contribution in [3.05, 3.63) is 59.7 Å². The van der Waals surface area contributed by atoms with Gasteiger partial charge in [0.2, 0.25) is 5.91 Å². The van der Waals surface area contributed by atoms with Crippen LogP contribution >= 0.6 is 0 Å². The molecule has 0 heterocycles. The molecule has 1 atom stereocenters. The van der Waals surface area contributed by atoms with E-state index in [9.17, 15) is 19.5 Å². The first kappa shape index (κ1) is 23.4. The number of rotatable bonds is 7. The third-order valence-electron chi connectivity index (χ3n) is 6.75. The van der Waals surface area contributed by atoms with E-state index in [0.29, 0.717) is 12.8 Å². The second-order valence-corrected chi connectivity index (χ2v) is 8.87. The van der Waals surface area contributed by atoms with Crippen LogP contribution in [0.5, 0.6) is 0 Å². The van der Waals surface area contributed by atoms with E-state index < -0.39 is 29.6 Å². The van der Waals surface area contributed by atoms with Gasteiger partial charge < -0.3 is 20.5 Å². The van der Waals surface area contributed by atoms with Crippen LogP contribution < -0.4 is 10.6 Å². The molecule has 1 unspecified atom stereocenters. The van der Waals surface area contributed by atoms with Crippen molar-refractivity contribution in [3.8, 4) is 23.5 Å². The minimum absolute atomic E-state index is 0.0960. The molecular weight excluding hydrogens is 432 g/mol. The summed E-state index contributed by atoms with van der Waals surface area (Å²) in [6.07, 6.45) is 7.65. The van der Waals surface area contributed by atoms with Crippen molar-refractivity contribution in [1.82, 2.24) is 10.6 Å². The van der Waals surface area contributed by atoms with Gasteiger partial charge in [-0.05, 0) is 35.1 Å². The lowest BCUT2D eigenvalue weighted by Crippen LogP contribution is -2.62. The van der Waals surface area contributed by atoms with E-state index in [-0.39, 0.29) is 18.9 Å². The Hall–Kier alpha value is -3.79. The van der Waals surface area contributed by atoms with Crippen LogP contribution in [0.25, 0.3) is 11.1 Å². The average molecular weight is 461 g/mol. The molecule has 2 aromatic carbocycles. The van der Waals surface area contributed by atoms with Gasteiger partial charge in [-0.15, -0.1) is 12.3 Å². The predicted molar refractivity (Wildman–Crippen MR) is 127 cm³/mol. The Morgan fingerprint density at radius 1 is 1.03 bits per heavy atom. The molecule has 7 nitrogen and oxygen atoms in total. The van der Waals surface area contributed by atoms with E-state index in [4.69, 9.17) is 11.2 Å². The van der Waals surface area contributed by atoms with Gasteiger partial charge in [0, 0.05) is 12.3 Å². The van der Waals surface area contributed by atoms with Gasteiger partial charge in [-0.3, -0.25) is 4.79 Å². The summed E-state index contributed by atoms with van der Waals surface area (Å²) in [5.74, 6) is 0.427. The van der Waals surface area contributed by atoms with E-state index >= 15 is 0 Å². The van der Waals surface area contributed by atoms with E-state index in [0.717, 1.165) is 41.5 Å². The highest BCUT2D eigenvalue weighted by atomic mass is 16.5. The Bertz CT molecular complexity index is 1080. The topological polar surface area (TPSA) is 105 Å². The summed E-state index contributed by atoms with van der Waals surface area (Å²) < 4.78 is 5.64. The molecule has 0 aromatic heterocycles. The molecule has 0 spiro atoms. The number of carbonyl (C=O) groups is 3. The van der Waals surface area contributed by atoms with Crippen molar-refractivity contribution in [3.63, 3.8) is 0 Å². The molecular formula is C27H28N2O5. The number of benzene rings is 2. The van der Waals surface area contributed by atoms with Crippen molar-refractivity contribution in [2.75, 3.05) is 6.61 Å². The Balaban J connectivity index is 1.47. The maximum atomic E-state index is 13.1. The number of amides is 2. The first-order valence-corrected chi connectivity index (χ1v) is 11.6. The predicted octanol–water partition coefficient (Wildman–Crippen LogP) is 3.82. The zero-order valence-electron chi connectivity index (χ0n) is 18.9. The highest BCUT2D eigenvalue weighted by molar-refractivity contribution is 5.93. The highest BCUT2D eigenvalue weighted by Crippen LogP contribution is 2.44. The molecule has 0 radical (unpaired) electrons. The van der Waals surface area contributed by atoms with Crippen LogP contribution in [-0.2, 0) is 14.3 Å². The van der Waals surface area contributed by atoms with Gasteiger partial charge in [-0.2, -0.15) is 0 Å². The van der Waals surface area contributed by atoms with Crippen molar-refractivity contribution < 1.29 is 24.2 Å². The van der Waals surface area contributed by atoms with Crippen LogP contribution in [-0.4, -0.2) is 41.3 Å². The van der Waals surface area contributed by atoms with Gasteiger partial charge in [0.05, 0.1) is 0 Å². The van der Waals surface area contributed by atoms with Crippen molar-refractivity contribution in [1.29, 1.82) is 0 Å². The van der Waals surface area contributed by atoms with Gasteiger partial charge >= 0.3 is 12.1 Å². The van der Waals surface area contributed by atoms with Crippen molar-refractivity contribution >= 4 is 18.0 Å². The maximum absolute atomic E-state index is 13.1. The van der Waals surface area contributed by atoms with Crippen LogP contribution in [0.15, 0.2) is 48.5 Å². The SMILES string of the molecule is C#CCC(NC(=O)C1(NC(=O)OCC2c3ccccc3-c3ccccc32)CCCCC1)C(=O)O. The van der Waals surface area contributed by atoms with Crippen LogP contribution in [0.2, 0.25) is 0 Å². The van der Waals surface area contributed by atoms with Crippen LogP contribution in [0, 0.1) is 12.3 Å². The van der Waals surface area contributed by atoms with Gasteiger partial charge in [-0.25, -0.2) is 9.59 Å². The monoisotopic (exact) mass is 460 g/mol. The number of carboxylic acids is 1. The highest BCUT2D eigenvalue weighted by Gasteiger charge is 2.43. The molecule has 7 heteroatoms. The standard InChI is InChI=1S/C27H28N2O5/c1-2-10-23(24(30)31)28-25(32)27(15-8-3-9-16-27)29-26(33)34-17-22-20-13-6-4-11-18(20)19-12-5-7-14-21(19)22/h1,4-7,11-14,22-23H,3,8-10,15-17H2,(H,28,32)(H,29,33)(H,30,31). The van der Waals surface area contributed by atoms with E-state index in [1.165, 1.54) is 0 Å². The molecule has 34 heavy (non-hydrogen) atoms. The minimum atomic E-state index is -1.22. The average Bonchev–Trinajstić information content (AvgIpc) is 3.16. The molecule has 4 rings (SSSR count). The van der Waals surface area contributed by atoms with Crippen molar-refractivity contribution in [2.45, 2.75) is 56.0 Å². The van der Waals surface area contributed by atoms with Crippen molar-refractivity contribution in [2.24, 2.45) is 0 Å². The number of carbonyl (C=O) groups excluding carboxylic acids is 2. The molecule has 0 aliphatic heterocycles. The molecule has 2 aliphatic carbocycles. The number of fused-ring (bicyclic) bond motifs is 3. The molecule has 2 amide bonds. The smallest absolute Gasteiger partial charge is 0.408 e. The van der Waals surface area contributed by atoms with Gasteiger partial charge in [0.15, 0.2) is 0 Å². The lowest BCUT2D eigenvalue weighted by Gasteiger charge is -2.36. The minimum Gasteiger partial charge on any atom is -0.480 e. The molecule has 2 aliphatic rings. The van der Waals surface area contributed by atoms with E-state index in [1.54, 1.807) is 0 Å². The van der Waals surface area contributed by atoms with E-state index in [2.05, 4.69) is 28.7 Å². The lowest BCUT2D eigenvalue weighted by molar-refractivity contribution is -0.143. The number of hydrogen-bond donors (Lipinski definition) is 3. The molecule has 0 bridgehead atoms. The molecule has 2 aromatic rings. The zero-order chi connectivity index (χ0) is 24.1. The normalized spacial score (nSPS) is 16.9. The summed E-state index contributed by atoms with van der Waals surface area (Å²) in [4.78, 5) is 37.5. The molecule has 1 saturated carbocycles. The Kier molecular flexibility index (Phi) is 6.87. The van der Waals surface area contributed by atoms with Crippen LogP contribution in [0.4, 0.5) is 4.79 Å². The molecule has 0 saturated heterocycles. The fourth-order valence-electron chi connectivity index (χ4n) is 5.01. The van der Waals surface area contributed by atoms with Gasteiger partial charge in [-0.1, -0.05) is 67.8 Å². The molecule has 176 valence electrons. The second kappa shape index (κ2) is 10.0. The van der Waals surface area contributed by atoms with Crippen LogP contribution in [0.1, 0.15) is 55.6 Å². The largest absolute Gasteiger partial charge is 0.480 e. The fourth-order valence-corrected chi connectivity index (χ4v) is 5.01. The first-order chi connectivity index (χ1) is 16.4. The molecule has 1 fully saturated rings. The number of hydrogen-bond acceptors (Lipinski definition) is 4. The van der Waals surface area contributed by atoms with Gasteiger partial charge in [0.1, 0.15) is 18.2 Å². The summed E-state index contributed by atoms with van der Waals surface area (Å²) in [5, 5.41) is 14.6. The lowest BCUT2D eigenvalue weighted by atomic mass is 9.80. The third kappa shape index (κ3) is 4.62. The van der Waals surface area contributed by atoms with Gasteiger partial charge in [0.25, 0.3) is 0 Å². The zero-order valence-corrected chi connectivity index (χ0v) is 18.9. The summed E-state index contributed by atoms with van der Waals surface area (Å²) in [7, 11) is 0. The number of terminal acetylenes is 1. The number of ether oxygens (including phenoxy) is 1. The quantitative estimate of drug-likeness (QED) is 0.545. The fraction of sp³-hybridized carbons (Fsp3) is 0.370. The number of nitrogens with one attached hydrogen (secondary N) is 2. The summed E-state index contributed by atoms with van der Waals surface area (Å²) in [6.45, 7) is 0.131. The second-order valence-electron chi connectivity index (χ2n) is 8.87. The number of aliphatic carboxylic acids is 1. The Labute approximate surface area is 198 Å². The Morgan fingerprint density at radius 3 is 2.18 bits per heavy atom. The maximum Gasteiger partial charge on any atom is 0.408 e. The summed E-state index contributed by atoms with van der Waals surface area (Å²) in [5.41, 5.74) is 3.23. The first-order valence-electron chi connectivity index (χ1n) is 11.6. The van der Waals surface area contributed by atoms with Crippen LogP contribution in [0.3, 0.4) is 0 Å². The summed E-state index contributed by atoms with van der Waals surface area (Å²) in [6, 6.07) is 14.9. The summed E-state index contributed by atoms with van der Waals surface area (Å²) >= 11 is 0. The van der Waals surface area contributed by atoms with E-state index in [1.807, 2.05) is 36.4 Å². The molecule has 3 N–H and O–H groups in total. The Morgan fingerprint density at radius 2 is 1.62 bits per heavy atom. The number of alkyl carbamates (subject to hydrolysis) is 1.